The largest absolute Gasteiger partial charge is 0.409 e. The van der Waals surface area contributed by atoms with E-state index in [0.717, 1.165) is 5.56 Å². The maximum atomic E-state index is 13.4. The summed E-state index contributed by atoms with van der Waals surface area (Å²) in [7, 11) is 0. The van der Waals surface area contributed by atoms with Crippen molar-refractivity contribution in [3.63, 3.8) is 0 Å². The first-order valence-electron chi connectivity index (χ1n) is 10.1. The molecule has 1 heterocycles. The summed E-state index contributed by atoms with van der Waals surface area (Å²) in [6.45, 7) is 1.07. The third-order valence-electron chi connectivity index (χ3n) is 4.47. The summed E-state index contributed by atoms with van der Waals surface area (Å²) in [5.41, 5.74) is 1.74. The summed E-state index contributed by atoms with van der Waals surface area (Å²) in [6, 6.07) is 11.3. The van der Waals surface area contributed by atoms with Crippen LogP contribution in [0.4, 0.5) is 15.9 Å². The van der Waals surface area contributed by atoms with Crippen LogP contribution in [0.1, 0.15) is 17.5 Å². The fourth-order valence-corrected chi connectivity index (χ4v) is 3.30. The maximum absolute atomic E-state index is 13.4. The van der Waals surface area contributed by atoms with Gasteiger partial charge in [-0.1, -0.05) is 34.0 Å². The summed E-state index contributed by atoms with van der Waals surface area (Å²) in [5.74, 6) is -0.235. The molecular weight excluding hydrogens is 531 g/mol. The van der Waals surface area contributed by atoms with Gasteiger partial charge in [-0.3, -0.25) is 4.79 Å². The number of oxime groups is 1. The molecule has 0 bridgehead atoms. The second-order valence-corrected chi connectivity index (χ2v) is 8.26. The molecule has 0 aliphatic rings. The van der Waals surface area contributed by atoms with Gasteiger partial charge in [-0.25, -0.2) is 9.38 Å². The molecular formula is C22H21BrClFN6O3. The molecule has 0 aliphatic heterocycles. The summed E-state index contributed by atoms with van der Waals surface area (Å²) >= 11 is 8.93. The number of nitrogens with zero attached hydrogens (tertiary/aromatic N) is 3. The van der Waals surface area contributed by atoms with Gasteiger partial charge in [0.1, 0.15) is 17.6 Å². The number of hydrogen-bond donors (Lipinski definition) is 4. The van der Waals surface area contributed by atoms with E-state index in [2.05, 4.69) is 47.2 Å². The molecule has 34 heavy (non-hydrogen) atoms. The highest BCUT2D eigenvalue weighted by Gasteiger charge is 2.15. The molecule has 4 N–H and O–H groups in total. The Balaban J connectivity index is 1.41. The molecule has 178 valence electrons. The van der Waals surface area contributed by atoms with E-state index < -0.39 is 5.82 Å². The number of nitrogens with one attached hydrogen (secondary N) is 3. The van der Waals surface area contributed by atoms with Crippen molar-refractivity contribution in [1.82, 2.24) is 10.5 Å². The number of aromatic nitrogens is 1. The molecule has 0 fully saturated rings. The van der Waals surface area contributed by atoms with Crippen LogP contribution in [0.2, 0.25) is 5.02 Å². The van der Waals surface area contributed by atoms with Gasteiger partial charge in [-0.2, -0.15) is 0 Å². The third-order valence-corrected chi connectivity index (χ3v) is 5.33. The molecule has 3 rings (SSSR count). The maximum Gasteiger partial charge on any atom is 0.251 e. The van der Waals surface area contributed by atoms with Gasteiger partial charge in [0.15, 0.2) is 11.7 Å². The van der Waals surface area contributed by atoms with Gasteiger partial charge < -0.3 is 25.7 Å². The van der Waals surface area contributed by atoms with E-state index in [4.69, 9.17) is 16.1 Å². The summed E-state index contributed by atoms with van der Waals surface area (Å²) < 4.78 is 18.7. The lowest BCUT2D eigenvalue weighted by Crippen LogP contribution is -2.19. The normalized spacial score (nSPS) is 11.6. The fourth-order valence-electron chi connectivity index (χ4n) is 2.79. The zero-order valence-electron chi connectivity index (χ0n) is 17.8. The van der Waals surface area contributed by atoms with E-state index >= 15 is 0 Å². The monoisotopic (exact) mass is 550 g/mol. The number of rotatable bonds is 10. The average molecular weight is 552 g/mol. The molecule has 9 nitrogen and oxygen atoms in total. The lowest BCUT2D eigenvalue weighted by molar-refractivity contribution is -0.117. The van der Waals surface area contributed by atoms with Gasteiger partial charge in [0.2, 0.25) is 0 Å². The van der Waals surface area contributed by atoms with Gasteiger partial charge in [-0.05, 0) is 58.2 Å². The van der Waals surface area contributed by atoms with Gasteiger partial charge in [0, 0.05) is 23.8 Å². The SMILES string of the molecule is O=C(Cc1ccc(Cl)cc1)/N=C/NCCCNc1nocc1/C(=N/O)Nc1ccc(F)c(Br)c1. The second-order valence-electron chi connectivity index (χ2n) is 6.97. The predicted molar refractivity (Wildman–Crippen MR) is 132 cm³/mol. The Morgan fingerprint density at radius 3 is 2.76 bits per heavy atom. The molecule has 0 atom stereocenters. The van der Waals surface area contributed by atoms with Crippen LogP contribution in [0.25, 0.3) is 0 Å². The van der Waals surface area contributed by atoms with Crippen LogP contribution in [0.3, 0.4) is 0 Å². The first-order chi connectivity index (χ1) is 16.5. The lowest BCUT2D eigenvalue weighted by Gasteiger charge is -2.09. The van der Waals surface area contributed by atoms with Crippen molar-refractivity contribution >= 4 is 57.1 Å². The van der Waals surface area contributed by atoms with Gasteiger partial charge in [-0.15, -0.1) is 0 Å². The van der Waals surface area contributed by atoms with Crippen LogP contribution in [0.15, 0.2) is 67.9 Å². The van der Waals surface area contributed by atoms with E-state index in [-0.39, 0.29) is 22.6 Å². The molecule has 1 amide bonds. The fraction of sp³-hybridized carbons (Fsp3) is 0.182. The van der Waals surface area contributed by atoms with E-state index in [1.165, 1.54) is 30.8 Å². The number of halogens is 3. The van der Waals surface area contributed by atoms with Crippen LogP contribution in [-0.4, -0.2) is 41.5 Å². The summed E-state index contributed by atoms with van der Waals surface area (Å²) in [4.78, 5) is 15.7. The first kappa shape index (κ1) is 25.2. The van der Waals surface area contributed by atoms with Crippen molar-refractivity contribution in [3.05, 3.63) is 75.2 Å². The molecule has 3 aromatic rings. The number of benzene rings is 2. The van der Waals surface area contributed by atoms with Crippen LogP contribution >= 0.6 is 27.5 Å². The number of hydrogen-bond acceptors (Lipinski definition) is 6. The zero-order valence-corrected chi connectivity index (χ0v) is 20.1. The number of anilines is 2. The summed E-state index contributed by atoms with van der Waals surface area (Å²) in [6.07, 6.45) is 3.57. The molecule has 0 spiro atoms. The molecule has 1 aromatic heterocycles. The molecule has 0 radical (unpaired) electrons. The predicted octanol–water partition coefficient (Wildman–Crippen LogP) is 4.67. The lowest BCUT2D eigenvalue weighted by atomic mass is 10.1. The molecule has 0 unspecified atom stereocenters. The highest BCUT2D eigenvalue weighted by molar-refractivity contribution is 9.10. The third kappa shape index (κ3) is 7.56. The Labute approximate surface area is 208 Å². The van der Waals surface area contributed by atoms with Crippen molar-refractivity contribution in [2.24, 2.45) is 10.1 Å². The smallest absolute Gasteiger partial charge is 0.251 e. The van der Waals surface area contributed by atoms with Crippen molar-refractivity contribution < 1.29 is 18.9 Å². The highest BCUT2D eigenvalue weighted by atomic mass is 79.9. The van der Waals surface area contributed by atoms with Crippen LogP contribution < -0.4 is 16.0 Å². The van der Waals surface area contributed by atoms with Gasteiger partial charge in [0.05, 0.1) is 17.2 Å². The zero-order chi connectivity index (χ0) is 24.3. The Morgan fingerprint density at radius 2 is 2.03 bits per heavy atom. The minimum absolute atomic E-state index is 0.0757. The minimum Gasteiger partial charge on any atom is -0.409 e. The average Bonchev–Trinajstić information content (AvgIpc) is 3.29. The van der Waals surface area contributed by atoms with Crippen LogP contribution in [0, 0.1) is 5.82 Å². The van der Waals surface area contributed by atoms with Crippen LogP contribution in [0.5, 0.6) is 0 Å². The minimum atomic E-state index is -0.412. The van der Waals surface area contributed by atoms with E-state index in [9.17, 15) is 14.4 Å². The van der Waals surface area contributed by atoms with Gasteiger partial charge in [0.25, 0.3) is 5.91 Å². The van der Waals surface area contributed by atoms with Crippen molar-refractivity contribution in [2.75, 3.05) is 23.7 Å². The van der Waals surface area contributed by atoms with Crippen LogP contribution in [-0.2, 0) is 11.2 Å². The standard InChI is InChI=1S/C22H21BrClFN6O3/c23-18-11-16(6-7-19(18)25)29-22(30-33)17-12-34-31-21(17)27-9-1-8-26-13-28-20(32)10-14-2-4-15(24)5-3-14/h2-7,11-13,33H,1,8-10H2,(H,27,31)(H,29,30)(H,26,28,32). The Bertz CT molecular complexity index is 1170. The quantitative estimate of drug-likeness (QED) is 0.0949. The van der Waals surface area contributed by atoms with E-state index in [1.807, 2.05) is 0 Å². The molecule has 0 aliphatic carbocycles. The topological polar surface area (TPSA) is 124 Å². The number of amides is 1. The number of carbonyl (C=O) groups excluding carboxylic acids is 1. The van der Waals surface area contributed by atoms with E-state index in [1.54, 1.807) is 24.3 Å². The molecule has 0 saturated carbocycles. The first-order valence-corrected chi connectivity index (χ1v) is 11.3. The Hall–Kier alpha value is -3.44. The molecule has 12 heteroatoms. The van der Waals surface area contributed by atoms with E-state index in [0.29, 0.717) is 41.6 Å². The van der Waals surface area contributed by atoms with Crippen molar-refractivity contribution in [2.45, 2.75) is 12.8 Å². The number of carbonyl (C=O) groups is 1. The van der Waals surface area contributed by atoms with Gasteiger partial charge >= 0.3 is 0 Å². The number of amidine groups is 1. The number of aliphatic imine (C=N–C) groups is 1. The highest BCUT2D eigenvalue weighted by Crippen LogP contribution is 2.22. The van der Waals surface area contributed by atoms with Crippen molar-refractivity contribution in [3.8, 4) is 0 Å². The van der Waals surface area contributed by atoms with Crippen molar-refractivity contribution in [1.29, 1.82) is 0 Å². The summed E-state index contributed by atoms with van der Waals surface area (Å²) in [5, 5.41) is 26.1. The second kappa shape index (κ2) is 12.7. The Morgan fingerprint density at radius 1 is 1.24 bits per heavy atom. The molecule has 2 aromatic carbocycles. The molecule has 0 saturated heterocycles. The Kier molecular flexibility index (Phi) is 9.41.